The van der Waals surface area contributed by atoms with Crippen LogP contribution in [0, 0.1) is 0 Å². The van der Waals surface area contributed by atoms with E-state index in [-0.39, 0.29) is 17.0 Å². The van der Waals surface area contributed by atoms with Gasteiger partial charge in [0.2, 0.25) is 0 Å². The van der Waals surface area contributed by atoms with Crippen LogP contribution in [0.25, 0.3) is 22.6 Å². The van der Waals surface area contributed by atoms with E-state index in [0.717, 1.165) is 26.0 Å². The standard InChI is InChI=1S/C19H13Br2N2.BrH/c20-15-6-4-14(5-7-15)18-13-22-12-2-1-3-19(22)23(18)17-10-8-16(21)9-11-17;/h1-13H;1H/q+1;/p-1. The van der Waals surface area contributed by atoms with Crippen LogP contribution in [-0.4, -0.2) is 4.57 Å². The maximum Gasteiger partial charge on any atom is 0.291 e. The van der Waals surface area contributed by atoms with E-state index in [1.54, 1.807) is 0 Å². The van der Waals surface area contributed by atoms with Crippen molar-refractivity contribution in [2.45, 2.75) is 0 Å². The first-order valence-corrected chi connectivity index (χ1v) is 8.84. The van der Waals surface area contributed by atoms with Crippen molar-refractivity contribution in [3.63, 3.8) is 0 Å². The van der Waals surface area contributed by atoms with Crippen LogP contribution in [0.3, 0.4) is 0 Å². The number of nitrogens with zero attached hydrogens (tertiary/aromatic N) is 2. The highest BCUT2D eigenvalue weighted by molar-refractivity contribution is 9.10. The highest BCUT2D eigenvalue weighted by Crippen LogP contribution is 2.26. The van der Waals surface area contributed by atoms with E-state index in [1.807, 2.05) is 6.07 Å². The van der Waals surface area contributed by atoms with E-state index < -0.39 is 0 Å². The molecular weight excluding hydrogens is 496 g/mol. The molecule has 120 valence electrons. The SMILES string of the molecule is Brc1ccc(-c2c[n+]3ccccc3n2-c2ccc(Br)cc2)cc1.[Br-]. The summed E-state index contributed by atoms with van der Waals surface area (Å²) < 4.78 is 6.59. The molecule has 0 fully saturated rings. The van der Waals surface area contributed by atoms with Gasteiger partial charge in [0.15, 0.2) is 5.69 Å². The van der Waals surface area contributed by atoms with Crippen LogP contribution in [0.15, 0.2) is 88.1 Å². The Morgan fingerprint density at radius 3 is 2.04 bits per heavy atom. The van der Waals surface area contributed by atoms with Crippen molar-refractivity contribution in [3.05, 3.63) is 88.1 Å². The number of halogens is 3. The largest absolute Gasteiger partial charge is 1.00 e. The minimum atomic E-state index is 0. The topological polar surface area (TPSA) is 9.03 Å². The third-order valence-corrected chi connectivity index (χ3v) is 4.88. The second-order valence-electron chi connectivity index (χ2n) is 5.30. The molecule has 0 atom stereocenters. The zero-order valence-corrected chi connectivity index (χ0v) is 17.3. The van der Waals surface area contributed by atoms with Crippen molar-refractivity contribution in [2.24, 2.45) is 0 Å². The van der Waals surface area contributed by atoms with E-state index in [1.165, 1.54) is 5.56 Å². The fourth-order valence-corrected chi connectivity index (χ4v) is 3.27. The van der Waals surface area contributed by atoms with Gasteiger partial charge in [-0.1, -0.05) is 37.9 Å². The van der Waals surface area contributed by atoms with Gasteiger partial charge in [0.25, 0.3) is 5.65 Å². The molecule has 0 bridgehead atoms. The van der Waals surface area contributed by atoms with Gasteiger partial charge in [-0.3, -0.25) is 0 Å². The summed E-state index contributed by atoms with van der Waals surface area (Å²) in [7, 11) is 0. The van der Waals surface area contributed by atoms with Gasteiger partial charge in [-0.2, -0.15) is 4.57 Å². The molecule has 0 N–H and O–H groups in total. The summed E-state index contributed by atoms with van der Waals surface area (Å²) in [6.07, 6.45) is 4.24. The van der Waals surface area contributed by atoms with Crippen LogP contribution in [-0.2, 0) is 0 Å². The Labute approximate surface area is 167 Å². The van der Waals surface area contributed by atoms with E-state index in [4.69, 9.17) is 0 Å². The van der Waals surface area contributed by atoms with Crippen LogP contribution in [0.2, 0.25) is 0 Å². The molecule has 2 nitrogen and oxygen atoms in total. The summed E-state index contributed by atoms with van der Waals surface area (Å²) in [5.74, 6) is 0. The lowest BCUT2D eigenvalue weighted by molar-refractivity contribution is -0.510. The second kappa shape index (κ2) is 7.21. The number of pyridine rings is 1. The molecule has 4 rings (SSSR count). The molecule has 0 radical (unpaired) electrons. The first-order valence-electron chi connectivity index (χ1n) is 7.26. The van der Waals surface area contributed by atoms with E-state index in [2.05, 4.69) is 114 Å². The maximum atomic E-state index is 3.51. The Balaban J connectivity index is 0.00000169. The summed E-state index contributed by atoms with van der Waals surface area (Å²) in [5, 5.41) is 0. The van der Waals surface area contributed by atoms with Gasteiger partial charge in [0.1, 0.15) is 11.9 Å². The summed E-state index contributed by atoms with van der Waals surface area (Å²) in [6, 6.07) is 23.0. The Morgan fingerprint density at radius 1 is 0.750 bits per heavy atom. The molecule has 0 amide bonds. The number of hydrogen-bond acceptors (Lipinski definition) is 0. The summed E-state index contributed by atoms with van der Waals surface area (Å²) in [4.78, 5) is 0. The predicted octanol–water partition coefficient (Wildman–Crippen LogP) is 2.41. The molecule has 0 saturated carbocycles. The van der Waals surface area contributed by atoms with Crippen molar-refractivity contribution in [2.75, 3.05) is 0 Å². The van der Waals surface area contributed by atoms with Gasteiger partial charge in [-0.25, -0.2) is 4.40 Å². The Hall–Kier alpha value is -1.43. The fourth-order valence-electron chi connectivity index (χ4n) is 2.74. The van der Waals surface area contributed by atoms with Gasteiger partial charge in [-0.05, 0) is 54.6 Å². The minimum Gasteiger partial charge on any atom is -1.00 e. The molecular formula is C19H13Br3N2. The molecule has 24 heavy (non-hydrogen) atoms. The zero-order valence-electron chi connectivity index (χ0n) is 12.5. The molecule has 0 unspecified atom stereocenters. The average molecular weight is 509 g/mol. The van der Waals surface area contributed by atoms with Crippen LogP contribution in [0.5, 0.6) is 0 Å². The minimum absolute atomic E-state index is 0. The Morgan fingerprint density at radius 2 is 1.38 bits per heavy atom. The lowest BCUT2D eigenvalue weighted by Crippen LogP contribution is -3.00. The van der Waals surface area contributed by atoms with E-state index in [0.29, 0.717) is 0 Å². The number of rotatable bonds is 2. The molecule has 5 heteroatoms. The van der Waals surface area contributed by atoms with Crippen molar-refractivity contribution in [3.8, 4) is 16.9 Å². The second-order valence-corrected chi connectivity index (χ2v) is 7.13. The Kier molecular flexibility index (Phi) is 5.23. The third-order valence-electron chi connectivity index (χ3n) is 3.82. The van der Waals surface area contributed by atoms with Crippen LogP contribution in [0.1, 0.15) is 0 Å². The highest BCUT2D eigenvalue weighted by Gasteiger charge is 2.20. The molecule has 0 saturated heterocycles. The molecule has 2 heterocycles. The van der Waals surface area contributed by atoms with Crippen molar-refractivity contribution in [1.29, 1.82) is 0 Å². The van der Waals surface area contributed by atoms with E-state index in [9.17, 15) is 0 Å². The molecule has 2 aromatic carbocycles. The van der Waals surface area contributed by atoms with Crippen molar-refractivity contribution >= 4 is 37.5 Å². The number of hydrogen-bond donors (Lipinski definition) is 0. The van der Waals surface area contributed by atoms with Crippen molar-refractivity contribution < 1.29 is 21.4 Å². The number of aromatic nitrogens is 2. The zero-order chi connectivity index (χ0) is 15.8. The Bertz CT molecular complexity index is 974. The summed E-state index contributed by atoms with van der Waals surface area (Å²) >= 11 is 7.02. The van der Waals surface area contributed by atoms with Gasteiger partial charge in [0.05, 0.1) is 6.20 Å². The monoisotopic (exact) mass is 506 g/mol. The molecule has 0 spiro atoms. The summed E-state index contributed by atoms with van der Waals surface area (Å²) in [6.45, 7) is 0. The first kappa shape index (κ1) is 17.4. The van der Waals surface area contributed by atoms with Crippen LogP contribution in [0.4, 0.5) is 0 Å². The van der Waals surface area contributed by atoms with Gasteiger partial charge in [-0.15, -0.1) is 0 Å². The lowest BCUT2D eigenvalue weighted by atomic mass is 10.1. The molecule has 0 aliphatic heterocycles. The first-order chi connectivity index (χ1) is 11.2. The maximum absolute atomic E-state index is 3.51. The smallest absolute Gasteiger partial charge is 0.291 e. The lowest BCUT2D eigenvalue weighted by Gasteiger charge is -2.03. The fraction of sp³-hybridized carbons (Fsp3) is 0. The molecule has 2 aromatic heterocycles. The van der Waals surface area contributed by atoms with Crippen molar-refractivity contribution in [1.82, 2.24) is 4.57 Å². The molecule has 0 aliphatic carbocycles. The number of benzene rings is 2. The van der Waals surface area contributed by atoms with Gasteiger partial charge < -0.3 is 17.0 Å². The summed E-state index contributed by atoms with van der Waals surface area (Å²) in [5.41, 5.74) is 4.61. The molecule has 4 aromatic rings. The van der Waals surface area contributed by atoms with E-state index >= 15 is 0 Å². The van der Waals surface area contributed by atoms with Gasteiger partial charge in [0, 0.05) is 20.6 Å². The van der Waals surface area contributed by atoms with Gasteiger partial charge >= 0.3 is 0 Å². The number of fused-ring (bicyclic) bond motifs is 1. The quantitative estimate of drug-likeness (QED) is 0.368. The number of imidazole rings is 1. The third kappa shape index (κ3) is 3.21. The molecule has 0 aliphatic rings. The van der Waals surface area contributed by atoms with Crippen LogP contribution < -0.4 is 21.4 Å². The normalized spacial score (nSPS) is 10.6. The highest BCUT2D eigenvalue weighted by atomic mass is 79.9. The average Bonchev–Trinajstić information content (AvgIpc) is 2.96. The predicted molar refractivity (Wildman–Crippen MR) is 99.8 cm³/mol. The van der Waals surface area contributed by atoms with Crippen LogP contribution >= 0.6 is 31.9 Å².